The first-order valence-electron chi connectivity index (χ1n) is 6.54. The third kappa shape index (κ3) is 3.20. The van der Waals surface area contributed by atoms with Crippen LogP contribution in [0.5, 0.6) is 0 Å². The molecule has 1 aliphatic rings. The summed E-state index contributed by atoms with van der Waals surface area (Å²) in [5.74, 6) is -1.01. The monoisotopic (exact) mass is 241 g/mol. The van der Waals surface area contributed by atoms with Crippen LogP contribution in [-0.2, 0) is 9.59 Å². The molecule has 3 atom stereocenters. The first kappa shape index (κ1) is 14.0. The lowest BCUT2D eigenvalue weighted by molar-refractivity contribution is -0.142. The third-order valence-electron chi connectivity index (χ3n) is 3.88. The molecule has 0 radical (unpaired) electrons. The maximum atomic E-state index is 12.3. The SMILES string of the molecule is CCC(C)N(CC)C(=O)C1CCC(C(=O)O)C1. The number of hydrogen-bond donors (Lipinski definition) is 1. The first-order valence-corrected chi connectivity index (χ1v) is 6.54. The van der Waals surface area contributed by atoms with E-state index in [9.17, 15) is 9.59 Å². The molecule has 0 aromatic heterocycles. The Morgan fingerprint density at radius 2 is 1.88 bits per heavy atom. The van der Waals surface area contributed by atoms with Gasteiger partial charge in [-0.15, -0.1) is 0 Å². The Morgan fingerprint density at radius 1 is 1.29 bits per heavy atom. The minimum absolute atomic E-state index is 0.0787. The fourth-order valence-electron chi connectivity index (χ4n) is 2.57. The number of amides is 1. The Kier molecular flexibility index (Phi) is 4.97. The molecular formula is C13H23NO3. The smallest absolute Gasteiger partial charge is 0.306 e. The molecule has 0 heterocycles. The minimum atomic E-state index is -0.758. The van der Waals surface area contributed by atoms with E-state index in [0.29, 0.717) is 19.4 Å². The lowest BCUT2D eigenvalue weighted by Crippen LogP contribution is -2.41. The highest BCUT2D eigenvalue weighted by Gasteiger charge is 2.36. The number of nitrogens with zero attached hydrogens (tertiary/aromatic N) is 1. The van der Waals surface area contributed by atoms with Gasteiger partial charge in [0.05, 0.1) is 5.92 Å². The molecule has 1 fully saturated rings. The van der Waals surface area contributed by atoms with Crippen LogP contribution in [0.1, 0.15) is 46.5 Å². The predicted molar refractivity (Wildman–Crippen MR) is 65.6 cm³/mol. The van der Waals surface area contributed by atoms with Crippen LogP contribution < -0.4 is 0 Å². The van der Waals surface area contributed by atoms with E-state index in [0.717, 1.165) is 12.8 Å². The number of carboxylic acid groups (broad SMARTS) is 1. The van der Waals surface area contributed by atoms with Gasteiger partial charge in [0, 0.05) is 18.5 Å². The van der Waals surface area contributed by atoms with Crippen molar-refractivity contribution in [2.24, 2.45) is 11.8 Å². The van der Waals surface area contributed by atoms with E-state index in [-0.39, 0.29) is 23.8 Å². The fourth-order valence-corrected chi connectivity index (χ4v) is 2.57. The lowest BCUT2D eigenvalue weighted by atomic mass is 10.0. The summed E-state index contributed by atoms with van der Waals surface area (Å²) in [5, 5.41) is 8.94. The molecule has 98 valence electrons. The zero-order chi connectivity index (χ0) is 13.0. The van der Waals surface area contributed by atoms with Gasteiger partial charge in [-0.2, -0.15) is 0 Å². The number of carbonyl (C=O) groups is 2. The Balaban J connectivity index is 2.61. The Bertz CT molecular complexity index is 290. The van der Waals surface area contributed by atoms with Gasteiger partial charge < -0.3 is 10.0 Å². The number of hydrogen-bond acceptors (Lipinski definition) is 2. The van der Waals surface area contributed by atoms with Gasteiger partial charge in [0.2, 0.25) is 5.91 Å². The van der Waals surface area contributed by atoms with E-state index < -0.39 is 5.97 Å². The maximum absolute atomic E-state index is 12.3. The van der Waals surface area contributed by atoms with Gasteiger partial charge in [0.15, 0.2) is 0 Å². The molecule has 3 unspecified atom stereocenters. The molecule has 1 rings (SSSR count). The fraction of sp³-hybridized carbons (Fsp3) is 0.846. The van der Waals surface area contributed by atoms with Crippen molar-refractivity contribution in [3.63, 3.8) is 0 Å². The van der Waals surface area contributed by atoms with E-state index in [1.54, 1.807) is 0 Å². The van der Waals surface area contributed by atoms with Crippen molar-refractivity contribution in [3.8, 4) is 0 Å². The zero-order valence-corrected chi connectivity index (χ0v) is 11.0. The molecule has 0 aliphatic heterocycles. The Morgan fingerprint density at radius 3 is 2.29 bits per heavy atom. The number of rotatable bonds is 5. The van der Waals surface area contributed by atoms with Crippen LogP contribution in [0.2, 0.25) is 0 Å². The van der Waals surface area contributed by atoms with Crippen LogP contribution >= 0.6 is 0 Å². The molecule has 4 heteroatoms. The summed E-state index contributed by atoms with van der Waals surface area (Å²) in [6, 6.07) is 0.247. The van der Waals surface area contributed by atoms with Crippen molar-refractivity contribution in [1.82, 2.24) is 4.90 Å². The summed E-state index contributed by atoms with van der Waals surface area (Å²) in [6.45, 7) is 6.80. The van der Waals surface area contributed by atoms with Crippen molar-refractivity contribution in [2.75, 3.05) is 6.54 Å². The van der Waals surface area contributed by atoms with Gasteiger partial charge >= 0.3 is 5.97 Å². The average Bonchev–Trinajstić information content (AvgIpc) is 2.78. The summed E-state index contributed by atoms with van der Waals surface area (Å²) in [4.78, 5) is 25.0. The van der Waals surface area contributed by atoms with Crippen LogP contribution in [0.15, 0.2) is 0 Å². The second kappa shape index (κ2) is 6.03. The number of carbonyl (C=O) groups excluding carboxylic acids is 1. The van der Waals surface area contributed by atoms with Crippen LogP contribution in [0.3, 0.4) is 0 Å². The minimum Gasteiger partial charge on any atom is -0.481 e. The topological polar surface area (TPSA) is 57.6 Å². The Hall–Kier alpha value is -1.06. The molecule has 4 nitrogen and oxygen atoms in total. The highest BCUT2D eigenvalue weighted by atomic mass is 16.4. The second-order valence-electron chi connectivity index (χ2n) is 4.93. The van der Waals surface area contributed by atoms with Crippen molar-refractivity contribution < 1.29 is 14.7 Å². The number of carboxylic acids is 1. The normalized spacial score (nSPS) is 25.6. The largest absolute Gasteiger partial charge is 0.481 e. The summed E-state index contributed by atoms with van der Waals surface area (Å²) in [5.41, 5.74) is 0. The van der Waals surface area contributed by atoms with Crippen LogP contribution in [0, 0.1) is 11.8 Å². The predicted octanol–water partition coefficient (Wildman–Crippen LogP) is 2.13. The standard InChI is InChI=1S/C13H23NO3/c1-4-9(3)14(5-2)12(15)10-6-7-11(8-10)13(16)17/h9-11H,4-8H2,1-3H3,(H,16,17). The van der Waals surface area contributed by atoms with Crippen molar-refractivity contribution in [3.05, 3.63) is 0 Å². The third-order valence-corrected chi connectivity index (χ3v) is 3.88. The van der Waals surface area contributed by atoms with Crippen molar-refractivity contribution in [1.29, 1.82) is 0 Å². The average molecular weight is 241 g/mol. The number of aliphatic carboxylic acids is 1. The van der Waals surface area contributed by atoms with E-state index >= 15 is 0 Å². The lowest BCUT2D eigenvalue weighted by Gasteiger charge is -2.29. The molecule has 0 bridgehead atoms. The van der Waals surface area contributed by atoms with Gasteiger partial charge in [0.25, 0.3) is 0 Å². The van der Waals surface area contributed by atoms with Gasteiger partial charge in [-0.3, -0.25) is 9.59 Å². The van der Waals surface area contributed by atoms with Crippen LogP contribution in [0.4, 0.5) is 0 Å². The van der Waals surface area contributed by atoms with E-state index in [1.807, 2.05) is 18.7 Å². The summed E-state index contributed by atoms with van der Waals surface area (Å²) in [7, 11) is 0. The summed E-state index contributed by atoms with van der Waals surface area (Å²) in [6.07, 6.45) is 2.82. The van der Waals surface area contributed by atoms with Gasteiger partial charge in [-0.05, 0) is 39.5 Å². The molecule has 0 spiro atoms. The first-order chi connectivity index (χ1) is 8.01. The summed E-state index contributed by atoms with van der Waals surface area (Å²) >= 11 is 0. The van der Waals surface area contributed by atoms with Crippen LogP contribution in [0.25, 0.3) is 0 Å². The van der Waals surface area contributed by atoms with E-state index in [2.05, 4.69) is 6.92 Å². The zero-order valence-electron chi connectivity index (χ0n) is 11.0. The van der Waals surface area contributed by atoms with Crippen LogP contribution in [-0.4, -0.2) is 34.5 Å². The van der Waals surface area contributed by atoms with Gasteiger partial charge in [-0.1, -0.05) is 6.92 Å². The molecular weight excluding hydrogens is 218 g/mol. The molecule has 1 saturated carbocycles. The quantitative estimate of drug-likeness (QED) is 0.802. The highest BCUT2D eigenvalue weighted by molar-refractivity contribution is 5.81. The van der Waals surface area contributed by atoms with E-state index in [1.165, 1.54) is 0 Å². The highest BCUT2D eigenvalue weighted by Crippen LogP contribution is 2.32. The molecule has 1 aliphatic carbocycles. The molecule has 0 aromatic carbocycles. The van der Waals surface area contributed by atoms with Crippen molar-refractivity contribution in [2.45, 2.75) is 52.5 Å². The molecule has 17 heavy (non-hydrogen) atoms. The summed E-state index contributed by atoms with van der Waals surface area (Å²) < 4.78 is 0. The second-order valence-corrected chi connectivity index (χ2v) is 4.93. The van der Waals surface area contributed by atoms with Gasteiger partial charge in [0.1, 0.15) is 0 Å². The molecule has 1 amide bonds. The van der Waals surface area contributed by atoms with E-state index in [4.69, 9.17) is 5.11 Å². The Labute approximate surface area is 103 Å². The molecule has 1 N–H and O–H groups in total. The molecule has 0 saturated heterocycles. The van der Waals surface area contributed by atoms with Gasteiger partial charge in [-0.25, -0.2) is 0 Å². The molecule has 0 aromatic rings. The maximum Gasteiger partial charge on any atom is 0.306 e. The van der Waals surface area contributed by atoms with Crippen molar-refractivity contribution >= 4 is 11.9 Å².